The molecule has 2 aromatic rings. The van der Waals surface area contributed by atoms with Gasteiger partial charge in [0.05, 0.1) is 12.2 Å². The van der Waals surface area contributed by atoms with Crippen LogP contribution in [0.5, 0.6) is 0 Å². The first-order chi connectivity index (χ1) is 12.6. The molecule has 0 bridgehead atoms. The quantitative estimate of drug-likeness (QED) is 0.570. The fraction of sp³-hybridized carbons (Fsp3) is 0.316. The van der Waals surface area contributed by atoms with Crippen molar-refractivity contribution in [1.29, 1.82) is 0 Å². The second kappa shape index (κ2) is 8.80. The zero-order valence-corrected chi connectivity index (χ0v) is 15.8. The Bertz CT molecular complexity index is 810. The van der Waals surface area contributed by atoms with Crippen LogP contribution >= 0.6 is 15.9 Å². The molecule has 1 amide bonds. The third kappa shape index (κ3) is 4.82. The minimum atomic E-state index is -0.569. The predicted octanol–water partition coefficient (Wildman–Crippen LogP) is 3.96. The number of hydrogen-bond acceptors (Lipinski definition) is 4. The molecule has 0 unspecified atom stereocenters. The third-order valence-corrected chi connectivity index (χ3v) is 4.98. The van der Waals surface area contributed by atoms with Crippen molar-refractivity contribution < 1.29 is 14.3 Å². The second-order valence-electron chi connectivity index (χ2n) is 6.11. The normalized spacial score (nSPS) is 14.7. The molecule has 6 nitrogen and oxygen atoms in total. The van der Waals surface area contributed by atoms with Crippen molar-refractivity contribution in [2.75, 3.05) is 11.9 Å². The summed E-state index contributed by atoms with van der Waals surface area (Å²) >= 11 is 3.40. The van der Waals surface area contributed by atoms with Crippen molar-refractivity contribution in [2.24, 2.45) is 0 Å². The number of rotatable bonds is 6. The molecule has 0 radical (unpaired) electrons. The highest BCUT2D eigenvalue weighted by Crippen LogP contribution is 2.31. The number of aromatic nitrogens is 2. The number of anilines is 1. The van der Waals surface area contributed by atoms with Gasteiger partial charge >= 0.3 is 5.97 Å². The highest BCUT2D eigenvalue weighted by Gasteiger charge is 2.20. The van der Waals surface area contributed by atoms with Crippen LogP contribution in [0.4, 0.5) is 5.82 Å². The van der Waals surface area contributed by atoms with Crippen molar-refractivity contribution in [3.05, 3.63) is 52.6 Å². The summed E-state index contributed by atoms with van der Waals surface area (Å²) in [5.74, 6) is -0.311. The number of carbonyl (C=O) groups is 2. The Labute approximate surface area is 160 Å². The Balaban J connectivity index is 1.49. The van der Waals surface area contributed by atoms with Crippen LogP contribution in [-0.2, 0) is 14.3 Å². The average molecular weight is 418 g/mol. The van der Waals surface area contributed by atoms with Gasteiger partial charge in [-0.05, 0) is 30.5 Å². The number of nitrogens with zero attached hydrogens (tertiary/aromatic N) is 2. The van der Waals surface area contributed by atoms with E-state index >= 15 is 0 Å². The third-order valence-electron chi connectivity index (χ3n) is 4.26. The molecular weight excluding hydrogens is 398 g/mol. The molecule has 0 aliphatic heterocycles. The maximum Gasteiger partial charge on any atom is 0.331 e. The number of esters is 1. The molecule has 26 heavy (non-hydrogen) atoms. The van der Waals surface area contributed by atoms with Crippen LogP contribution in [0.3, 0.4) is 0 Å². The lowest BCUT2D eigenvalue weighted by atomic mass is 10.2. The SMILES string of the molecule is O=C(COC(=O)/C=C/c1ccccc1Br)Nc1ccnn1C1CCCC1. The van der Waals surface area contributed by atoms with E-state index < -0.39 is 5.97 Å². The standard InChI is InChI=1S/C19H20BrN3O3/c20-16-8-4-1-5-14(16)9-10-19(25)26-13-18(24)22-17-11-12-21-23(17)15-6-2-3-7-15/h1,4-5,8-12,15H,2-3,6-7,13H2,(H,22,24)/b10-9+. The van der Waals surface area contributed by atoms with E-state index in [1.807, 2.05) is 28.9 Å². The zero-order chi connectivity index (χ0) is 18.4. The number of ether oxygens (including phenoxy) is 1. The number of hydrogen-bond donors (Lipinski definition) is 1. The van der Waals surface area contributed by atoms with Gasteiger partial charge in [0, 0.05) is 16.6 Å². The lowest BCUT2D eigenvalue weighted by molar-refractivity contribution is -0.142. The molecule has 1 aromatic heterocycles. The van der Waals surface area contributed by atoms with Crippen molar-refractivity contribution in [3.63, 3.8) is 0 Å². The summed E-state index contributed by atoms with van der Waals surface area (Å²) in [6, 6.07) is 9.59. The number of amides is 1. The van der Waals surface area contributed by atoms with E-state index in [0.29, 0.717) is 11.9 Å². The fourth-order valence-corrected chi connectivity index (χ4v) is 3.40. The maximum atomic E-state index is 12.0. The summed E-state index contributed by atoms with van der Waals surface area (Å²) in [4.78, 5) is 23.8. The average Bonchev–Trinajstić information content (AvgIpc) is 3.30. The Morgan fingerprint density at radius 2 is 2.04 bits per heavy atom. The van der Waals surface area contributed by atoms with Crippen molar-refractivity contribution in [2.45, 2.75) is 31.7 Å². The van der Waals surface area contributed by atoms with E-state index in [-0.39, 0.29) is 12.5 Å². The number of halogens is 1. The number of carbonyl (C=O) groups excluding carboxylic acids is 2. The van der Waals surface area contributed by atoms with E-state index in [2.05, 4.69) is 26.3 Å². The Kier molecular flexibility index (Phi) is 6.22. The predicted molar refractivity (Wildman–Crippen MR) is 102 cm³/mol. The van der Waals surface area contributed by atoms with Crippen molar-refractivity contribution in [1.82, 2.24) is 9.78 Å². The topological polar surface area (TPSA) is 73.2 Å². The molecule has 1 aliphatic rings. The van der Waals surface area contributed by atoms with Crippen LogP contribution in [-0.4, -0.2) is 28.3 Å². The molecule has 1 fully saturated rings. The summed E-state index contributed by atoms with van der Waals surface area (Å²) in [6.07, 6.45) is 9.10. The van der Waals surface area contributed by atoms with Crippen LogP contribution in [0.1, 0.15) is 37.3 Å². The summed E-state index contributed by atoms with van der Waals surface area (Å²) < 4.78 is 7.72. The van der Waals surface area contributed by atoms with Gasteiger partial charge < -0.3 is 10.1 Å². The van der Waals surface area contributed by atoms with Gasteiger partial charge in [-0.2, -0.15) is 5.10 Å². The summed E-state index contributed by atoms with van der Waals surface area (Å²) in [5.41, 5.74) is 0.856. The molecule has 0 saturated heterocycles. The summed E-state index contributed by atoms with van der Waals surface area (Å²) in [7, 11) is 0. The molecule has 1 aliphatic carbocycles. The van der Waals surface area contributed by atoms with E-state index in [4.69, 9.17) is 4.74 Å². The Hall–Kier alpha value is -2.41. The molecule has 3 rings (SSSR count). The molecular formula is C19H20BrN3O3. The second-order valence-corrected chi connectivity index (χ2v) is 6.96. The van der Waals surface area contributed by atoms with Gasteiger partial charge in [-0.1, -0.05) is 47.0 Å². The van der Waals surface area contributed by atoms with Gasteiger partial charge in [0.2, 0.25) is 0 Å². The highest BCUT2D eigenvalue weighted by atomic mass is 79.9. The van der Waals surface area contributed by atoms with Crippen LogP contribution in [0.15, 0.2) is 47.1 Å². The highest BCUT2D eigenvalue weighted by molar-refractivity contribution is 9.10. The molecule has 136 valence electrons. The zero-order valence-electron chi connectivity index (χ0n) is 14.2. The molecule has 0 spiro atoms. The van der Waals surface area contributed by atoms with Gasteiger partial charge in [0.1, 0.15) is 5.82 Å². The van der Waals surface area contributed by atoms with Gasteiger partial charge in [-0.3, -0.25) is 4.79 Å². The lowest BCUT2D eigenvalue weighted by Crippen LogP contribution is -2.22. The van der Waals surface area contributed by atoms with Gasteiger partial charge in [-0.25, -0.2) is 9.48 Å². The first-order valence-corrected chi connectivity index (χ1v) is 9.35. The number of nitrogens with one attached hydrogen (secondary N) is 1. The molecule has 7 heteroatoms. The monoisotopic (exact) mass is 417 g/mol. The first kappa shape index (κ1) is 18.4. The minimum Gasteiger partial charge on any atom is -0.452 e. The minimum absolute atomic E-state index is 0.329. The largest absolute Gasteiger partial charge is 0.452 e. The van der Waals surface area contributed by atoms with Crippen LogP contribution < -0.4 is 5.32 Å². The Morgan fingerprint density at radius 1 is 1.27 bits per heavy atom. The molecule has 1 N–H and O–H groups in total. The van der Waals surface area contributed by atoms with Gasteiger partial charge in [0.15, 0.2) is 6.61 Å². The van der Waals surface area contributed by atoms with E-state index in [1.165, 1.54) is 18.9 Å². The summed E-state index contributed by atoms with van der Waals surface area (Å²) in [5, 5.41) is 7.05. The van der Waals surface area contributed by atoms with Crippen LogP contribution in [0, 0.1) is 0 Å². The van der Waals surface area contributed by atoms with E-state index in [0.717, 1.165) is 22.9 Å². The van der Waals surface area contributed by atoms with Gasteiger partial charge in [0.25, 0.3) is 5.91 Å². The smallest absolute Gasteiger partial charge is 0.331 e. The van der Waals surface area contributed by atoms with Crippen molar-refractivity contribution in [3.8, 4) is 0 Å². The van der Waals surface area contributed by atoms with Crippen LogP contribution in [0.25, 0.3) is 6.08 Å². The molecule has 1 aromatic carbocycles. The Morgan fingerprint density at radius 3 is 2.81 bits per heavy atom. The van der Waals surface area contributed by atoms with E-state index in [9.17, 15) is 9.59 Å². The van der Waals surface area contributed by atoms with E-state index in [1.54, 1.807) is 18.3 Å². The molecule has 1 saturated carbocycles. The van der Waals surface area contributed by atoms with Crippen molar-refractivity contribution >= 4 is 39.7 Å². The first-order valence-electron chi connectivity index (χ1n) is 8.56. The van der Waals surface area contributed by atoms with Crippen LogP contribution in [0.2, 0.25) is 0 Å². The molecule has 1 heterocycles. The molecule has 0 atom stereocenters. The maximum absolute atomic E-state index is 12.0. The lowest BCUT2D eigenvalue weighted by Gasteiger charge is -2.14. The van der Waals surface area contributed by atoms with Gasteiger partial charge in [-0.15, -0.1) is 0 Å². The summed E-state index contributed by atoms with van der Waals surface area (Å²) in [6.45, 7) is -0.338. The fourth-order valence-electron chi connectivity index (χ4n) is 2.98. The number of benzene rings is 1.